The minimum absolute atomic E-state index is 0.694. The molecule has 53 heavy (non-hydrogen) atoms. The first-order valence-electron chi connectivity index (χ1n) is 17.8. The third-order valence-electron chi connectivity index (χ3n) is 9.73. The van der Waals surface area contributed by atoms with Gasteiger partial charge in [0, 0.05) is 24.2 Å². The molecule has 6 aromatic carbocycles. The monoisotopic (exact) mass is 684 g/mol. The predicted molar refractivity (Wildman–Crippen MR) is 212 cm³/mol. The lowest BCUT2D eigenvalue weighted by Gasteiger charge is -2.15. The topological polar surface area (TPSA) is 87.2 Å². The minimum atomic E-state index is 0.694. The van der Waals surface area contributed by atoms with Crippen molar-refractivity contribution in [3.05, 3.63) is 158 Å². The van der Waals surface area contributed by atoms with E-state index in [1.807, 2.05) is 97.1 Å². The molecule has 0 radical (unpaired) electrons. The molecular formula is C45H32N8. The van der Waals surface area contributed by atoms with Crippen LogP contribution in [-0.4, -0.2) is 39.0 Å². The summed E-state index contributed by atoms with van der Waals surface area (Å²) in [5, 5.41) is 0. The number of aryl methyl sites for hydroxylation is 2. The first-order chi connectivity index (χ1) is 26.3. The maximum absolute atomic E-state index is 5.22. The molecule has 4 heterocycles. The maximum atomic E-state index is 5.22. The van der Waals surface area contributed by atoms with Crippen LogP contribution in [0.15, 0.2) is 158 Å². The van der Waals surface area contributed by atoms with Gasteiger partial charge in [-0.1, -0.05) is 109 Å². The van der Waals surface area contributed by atoms with Gasteiger partial charge in [0.25, 0.3) is 0 Å². The Morgan fingerprint density at radius 2 is 0.623 bits per heavy atom. The SMILES string of the molecule is c1ccc(-c2nc3ccccc3nc2-c2nc3ccccc3n2CCCn2c(-c3nc4ccccc4nc3-c3ccccc3)nc3ccccc32)cc1. The maximum Gasteiger partial charge on any atom is 0.162 e. The molecule has 0 unspecified atom stereocenters. The summed E-state index contributed by atoms with van der Waals surface area (Å²) in [6, 6.07) is 53.2. The number of fused-ring (bicyclic) bond motifs is 4. The average Bonchev–Trinajstić information content (AvgIpc) is 3.79. The van der Waals surface area contributed by atoms with Crippen LogP contribution >= 0.6 is 0 Å². The third kappa shape index (κ3) is 5.48. The van der Waals surface area contributed by atoms with Crippen LogP contribution in [0.1, 0.15) is 6.42 Å². The number of para-hydroxylation sites is 8. The second-order valence-corrected chi connectivity index (χ2v) is 13.1. The molecule has 0 bridgehead atoms. The zero-order valence-corrected chi connectivity index (χ0v) is 28.7. The molecule has 0 fully saturated rings. The fourth-order valence-corrected chi connectivity index (χ4v) is 7.26. The number of imidazole rings is 2. The molecule has 0 aliphatic carbocycles. The fourth-order valence-electron chi connectivity index (χ4n) is 7.26. The Bertz CT molecular complexity index is 2730. The van der Waals surface area contributed by atoms with Gasteiger partial charge < -0.3 is 9.13 Å². The summed E-state index contributed by atoms with van der Waals surface area (Å²) >= 11 is 0. The van der Waals surface area contributed by atoms with Gasteiger partial charge in [0.1, 0.15) is 22.8 Å². The molecule has 0 spiro atoms. The highest BCUT2D eigenvalue weighted by molar-refractivity contribution is 5.89. The molecule has 10 aromatic rings. The van der Waals surface area contributed by atoms with E-state index in [1.165, 1.54) is 0 Å². The van der Waals surface area contributed by atoms with Crippen molar-refractivity contribution in [3.8, 4) is 45.6 Å². The third-order valence-corrected chi connectivity index (χ3v) is 9.73. The summed E-state index contributed by atoms with van der Waals surface area (Å²) < 4.78 is 4.59. The summed E-state index contributed by atoms with van der Waals surface area (Å²) in [6.45, 7) is 1.39. The van der Waals surface area contributed by atoms with Crippen molar-refractivity contribution >= 4 is 44.1 Å². The lowest BCUT2D eigenvalue weighted by atomic mass is 10.1. The molecule has 10 rings (SSSR count). The van der Waals surface area contributed by atoms with Crippen LogP contribution in [0.3, 0.4) is 0 Å². The van der Waals surface area contributed by atoms with E-state index in [1.54, 1.807) is 0 Å². The Labute approximate surface area is 305 Å². The van der Waals surface area contributed by atoms with Gasteiger partial charge in [0.2, 0.25) is 0 Å². The van der Waals surface area contributed by atoms with Gasteiger partial charge in [-0.2, -0.15) is 0 Å². The molecule has 0 amide bonds. The van der Waals surface area contributed by atoms with Crippen molar-refractivity contribution in [3.63, 3.8) is 0 Å². The molecule has 252 valence electrons. The fraction of sp³-hybridized carbons (Fsp3) is 0.0667. The molecule has 0 saturated carbocycles. The van der Waals surface area contributed by atoms with Crippen LogP contribution in [0.2, 0.25) is 0 Å². The van der Waals surface area contributed by atoms with Crippen LogP contribution in [0.25, 0.3) is 89.7 Å². The summed E-state index contributed by atoms with van der Waals surface area (Å²) in [4.78, 5) is 31.1. The Kier molecular flexibility index (Phi) is 7.49. The zero-order chi connectivity index (χ0) is 35.1. The van der Waals surface area contributed by atoms with Crippen LogP contribution in [0.5, 0.6) is 0 Å². The van der Waals surface area contributed by atoms with Gasteiger partial charge in [-0.3, -0.25) is 0 Å². The lowest BCUT2D eigenvalue weighted by molar-refractivity contribution is 0.585. The van der Waals surface area contributed by atoms with E-state index >= 15 is 0 Å². The Morgan fingerprint density at radius 1 is 0.302 bits per heavy atom. The summed E-state index contributed by atoms with van der Waals surface area (Å²) in [5.41, 5.74) is 12.5. The zero-order valence-electron chi connectivity index (χ0n) is 28.7. The molecule has 0 N–H and O–H groups in total. The van der Waals surface area contributed by atoms with Crippen LogP contribution in [-0.2, 0) is 13.1 Å². The smallest absolute Gasteiger partial charge is 0.162 e. The number of hydrogen-bond donors (Lipinski definition) is 0. The summed E-state index contributed by atoms with van der Waals surface area (Å²) in [7, 11) is 0. The largest absolute Gasteiger partial charge is 0.323 e. The van der Waals surface area contributed by atoms with Crippen LogP contribution in [0.4, 0.5) is 0 Å². The van der Waals surface area contributed by atoms with E-state index < -0.39 is 0 Å². The van der Waals surface area contributed by atoms with Crippen molar-refractivity contribution in [1.82, 2.24) is 39.0 Å². The normalized spacial score (nSPS) is 11.6. The number of hydrogen-bond acceptors (Lipinski definition) is 6. The molecule has 0 atom stereocenters. The van der Waals surface area contributed by atoms with Crippen molar-refractivity contribution in [2.24, 2.45) is 0 Å². The molecule has 8 nitrogen and oxygen atoms in total. The second kappa shape index (κ2) is 12.9. The molecule has 0 saturated heterocycles. The Morgan fingerprint density at radius 3 is 1.02 bits per heavy atom. The van der Waals surface area contributed by atoms with Gasteiger partial charge >= 0.3 is 0 Å². The number of benzene rings is 6. The number of aromatic nitrogens is 8. The first-order valence-corrected chi connectivity index (χ1v) is 17.8. The molecule has 0 aliphatic rings. The standard InChI is InChI=1S/C45H32N8/c1-3-16-30(17-4-1)40-42(48-34-22-9-7-20-32(34)46-40)44-50-36-24-11-13-26-38(36)52(44)28-15-29-53-39-27-14-12-25-37(39)51-45(53)43-41(31-18-5-2-6-19-31)47-33-21-8-10-23-35(33)49-43/h1-14,16-27H,15,28-29H2. The molecule has 4 aromatic heterocycles. The van der Waals surface area contributed by atoms with Crippen molar-refractivity contribution in [2.75, 3.05) is 0 Å². The van der Waals surface area contributed by atoms with Gasteiger partial charge in [-0.15, -0.1) is 0 Å². The highest BCUT2D eigenvalue weighted by atomic mass is 15.1. The second-order valence-electron chi connectivity index (χ2n) is 13.1. The molecule has 8 heteroatoms. The number of rotatable bonds is 8. The van der Waals surface area contributed by atoms with E-state index in [-0.39, 0.29) is 0 Å². The number of nitrogens with zero attached hydrogens (tertiary/aromatic N) is 8. The predicted octanol–water partition coefficient (Wildman–Crippen LogP) is 10.0. The van der Waals surface area contributed by atoms with Crippen LogP contribution in [0, 0.1) is 0 Å². The first kappa shape index (κ1) is 30.7. The van der Waals surface area contributed by atoms with Gasteiger partial charge in [-0.05, 0) is 55.0 Å². The van der Waals surface area contributed by atoms with Gasteiger partial charge in [0.15, 0.2) is 11.6 Å². The van der Waals surface area contributed by atoms with E-state index in [9.17, 15) is 0 Å². The highest BCUT2D eigenvalue weighted by Gasteiger charge is 2.23. The average molecular weight is 685 g/mol. The van der Waals surface area contributed by atoms with Crippen molar-refractivity contribution < 1.29 is 0 Å². The van der Waals surface area contributed by atoms with Crippen molar-refractivity contribution in [1.29, 1.82) is 0 Å². The van der Waals surface area contributed by atoms with E-state index in [4.69, 9.17) is 29.9 Å². The van der Waals surface area contributed by atoms with Gasteiger partial charge in [0.05, 0.1) is 44.1 Å². The lowest BCUT2D eigenvalue weighted by Crippen LogP contribution is -2.09. The minimum Gasteiger partial charge on any atom is -0.323 e. The van der Waals surface area contributed by atoms with E-state index in [0.717, 1.165) is 96.1 Å². The highest BCUT2D eigenvalue weighted by Crippen LogP contribution is 2.35. The summed E-state index contributed by atoms with van der Waals surface area (Å²) in [6.07, 6.45) is 0.796. The van der Waals surface area contributed by atoms with E-state index in [0.29, 0.717) is 13.1 Å². The van der Waals surface area contributed by atoms with Crippen molar-refractivity contribution in [2.45, 2.75) is 19.5 Å². The van der Waals surface area contributed by atoms with Gasteiger partial charge in [-0.25, -0.2) is 29.9 Å². The summed E-state index contributed by atoms with van der Waals surface area (Å²) in [5.74, 6) is 1.59. The Hall–Kier alpha value is -7.06. The Balaban J connectivity index is 1.09. The quantitative estimate of drug-likeness (QED) is 0.158. The van der Waals surface area contributed by atoms with E-state index in [2.05, 4.69) is 69.8 Å². The molecular weight excluding hydrogens is 653 g/mol. The molecule has 0 aliphatic heterocycles. The van der Waals surface area contributed by atoms with Crippen LogP contribution < -0.4 is 0 Å².